The van der Waals surface area contributed by atoms with Crippen molar-refractivity contribution < 1.29 is 4.79 Å². The van der Waals surface area contributed by atoms with Gasteiger partial charge < -0.3 is 11.1 Å². The number of carbonyl (C=O) groups is 1. The Morgan fingerprint density at radius 1 is 1.35 bits per heavy atom. The number of anilines is 2. The van der Waals surface area contributed by atoms with Crippen molar-refractivity contribution in [1.82, 2.24) is 10.2 Å². The third kappa shape index (κ3) is 3.85. The Hall–Kier alpha value is -2.30. The Labute approximate surface area is 118 Å². The third-order valence-corrected chi connectivity index (χ3v) is 3.09. The van der Waals surface area contributed by atoms with Crippen molar-refractivity contribution in [3.8, 4) is 0 Å². The van der Waals surface area contributed by atoms with Crippen molar-refractivity contribution in [2.75, 3.05) is 11.1 Å². The molecule has 1 aromatic carbocycles. The number of nitrogens with two attached hydrogens (primary N) is 1. The summed E-state index contributed by atoms with van der Waals surface area (Å²) in [5, 5.41) is 9.76. The van der Waals surface area contributed by atoms with E-state index >= 15 is 0 Å². The molecule has 2 aromatic rings. The molecule has 0 saturated carbocycles. The van der Waals surface area contributed by atoms with Gasteiger partial charge in [0.1, 0.15) is 0 Å². The fourth-order valence-electron chi connectivity index (χ4n) is 2.04. The van der Waals surface area contributed by atoms with E-state index in [4.69, 9.17) is 5.73 Å². The number of carbonyl (C=O) groups excluding carboxylic acids is 1. The Morgan fingerprint density at radius 2 is 2.15 bits per heavy atom. The summed E-state index contributed by atoms with van der Waals surface area (Å²) < 4.78 is 0. The van der Waals surface area contributed by atoms with Gasteiger partial charge in [-0.15, -0.1) is 0 Å². The largest absolute Gasteiger partial charge is 0.399 e. The number of aromatic nitrogens is 2. The van der Waals surface area contributed by atoms with Gasteiger partial charge in [0, 0.05) is 23.9 Å². The molecule has 5 nitrogen and oxygen atoms in total. The number of nitrogen functional groups attached to an aromatic ring is 1. The monoisotopic (exact) mass is 272 g/mol. The molecular weight excluding hydrogens is 252 g/mol. The van der Waals surface area contributed by atoms with Crippen molar-refractivity contribution in [3.63, 3.8) is 0 Å². The Kier molecular flexibility index (Phi) is 4.76. The van der Waals surface area contributed by atoms with Crippen LogP contribution in [0.15, 0.2) is 30.3 Å². The number of H-pyrrole nitrogens is 1. The summed E-state index contributed by atoms with van der Waals surface area (Å²) in [6.07, 6.45) is 3.00. The quantitative estimate of drug-likeness (QED) is 0.706. The lowest BCUT2D eigenvalue weighted by Crippen LogP contribution is -2.13. The minimum absolute atomic E-state index is 0.0530. The van der Waals surface area contributed by atoms with E-state index in [-0.39, 0.29) is 5.91 Å². The first-order valence-electron chi connectivity index (χ1n) is 6.86. The van der Waals surface area contributed by atoms with Crippen LogP contribution in [0, 0.1) is 0 Å². The van der Waals surface area contributed by atoms with Crippen molar-refractivity contribution in [3.05, 3.63) is 41.6 Å². The van der Waals surface area contributed by atoms with E-state index in [1.54, 1.807) is 0 Å². The topological polar surface area (TPSA) is 83.8 Å². The molecule has 5 heteroatoms. The number of nitrogens with zero attached hydrogens (tertiary/aromatic N) is 1. The van der Waals surface area contributed by atoms with Crippen LogP contribution in [0.3, 0.4) is 0 Å². The van der Waals surface area contributed by atoms with Gasteiger partial charge in [-0.3, -0.25) is 9.89 Å². The van der Waals surface area contributed by atoms with E-state index in [1.807, 2.05) is 30.3 Å². The van der Waals surface area contributed by atoms with Gasteiger partial charge in [-0.1, -0.05) is 31.5 Å². The minimum atomic E-state index is -0.0530. The fraction of sp³-hybridized carbons (Fsp3) is 0.333. The van der Waals surface area contributed by atoms with Gasteiger partial charge in [0.15, 0.2) is 5.82 Å². The molecule has 1 heterocycles. The lowest BCUT2D eigenvalue weighted by molar-refractivity contribution is -0.116. The van der Waals surface area contributed by atoms with Crippen LogP contribution < -0.4 is 11.1 Å². The molecule has 0 saturated heterocycles. The van der Waals surface area contributed by atoms with Crippen LogP contribution in [0.2, 0.25) is 0 Å². The first kappa shape index (κ1) is 14.1. The van der Waals surface area contributed by atoms with Crippen LogP contribution >= 0.6 is 0 Å². The van der Waals surface area contributed by atoms with Gasteiger partial charge in [0.2, 0.25) is 5.91 Å². The number of hydrogen-bond acceptors (Lipinski definition) is 3. The van der Waals surface area contributed by atoms with E-state index in [2.05, 4.69) is 22.4 Å². The standard InChI is InChI=1S/C15H20N4O/c1-2-5-12-10-14(19-18-12)17-15(20)9-8-11-6-3-4-7-13(11)16/h3-4,6-7,10H,2,5,8-9,16H2,1H3,(H2,17,18,19,20). The van der Waals surface area contributed by atoms with Crippen LogP contribution in [-0.2, 0) is 17.6 Å². The van der Waals surface area contributed by atoms with Gasteiger partial charge in [-0.2, -0.15) is 5.10 Å². The molecular formula is C15H20N4O. The molecule has 0 aliphatic heterocycles. The normalized spacial score (nSPS) is 10.4. The zero-order valence-corrected chi connectivity index (χ0v) is 11.6. The second kappa shape index (κ2) is 6.75. The highest BCUT2D eigenvalue weighted by Crippen LogP contribution is 2.13. The molecule has 0 spiro atoms. The van der Waals surface area contributed by atoms with Gasteiger partial charge in [-0.05, 0) is 24.5 Å². The number of hydrogen-bond donors (Lipinski definition) is 3. The second-order valence-corrected chi connectivity index (χ2v) is 4.78. The zero-order chi connectivity index (χ0) is 14.4. The lowest BCUT2D eigenvalue weighted by atomic mass is 10.1. The van der Waals surface area contributed by atoms with Gasteiger partial charge in [0.25, 0.3) is 0 Å². The van der Waals surface area contributed by atoms with Gasteiger partial charge in [-0.25, -0.2) is 0 Å². The number of amides is 1. The maximum Gasteiger partial charge on any atom is 0.225 e. The van der Waals surface area contributed by atoms with E-state index in [9.17, 15) is 4.79 Å². The Bertz CT molecular complexity index is 577. The third-order valence-electron chi connectivity index (χ3n) is 3.09. The number of aromatic amines is 1. The van der Waals surface area contributed by atoms with E-state index < -0.39 is 0 Å². The highest BCUT2D eigenvalue weighted by molar-refractivity contribution is 5.90. The Balaban J connectivity index is 1.84. The van der Waals surface area contributed by atoms with Crippen LogP contribution in [0.25, 0.3) is 0 Å². The van der Waals surface area contributed by atoms with Gasteiger partial charge in [0.05, 0.1) is 0 Å². The Morgan fingerprint density at radius 3 is 2.90 bits per heavy atom. The molecule has 0 fully saturated rings. The predicted octanol–water partition coefficient (Wildman–Crippen LogP) is 2.52. The van der Waals surface area contributed by atoms with Gasteiger partial charge >= 0.3 is 0 Å². The summed E-state index contributed by atoms with van der Waals surface area (Å²) in [6, 6.07) is 9.47. The highest BCUT2D eigenvalue weighted by atomic mass is 16.1. The highest BCUT2D eigenvalue weighted by Gasteiger charge is 2.07. The van der Waals surface area contributed by atoms with Crippen molar-refractivity contribution in [2.45, 2.75) is 32.6 Å². The minimum Gasteiger partial charge on any atom is -0.399 e. The smallest absolute Gasteiger partial charge is 0.225 e. The maximum atomic E-state index is 11.9. The summed E-state index contributed by atoms with van der Waals surface area (Å²) in [6.45, 7) is 2.10. The number of benzene rings is 1. The molecule has 106 valence electrons. The number of aryl methyl sites for hydroxylation is 2. The summed E-state index contributed by atoms with van der Waals surface area (Å²) in [5.41, 5.74) is 8.61. The average Bonchev–Trinajstić information content (AvgIpc) is 2.85. The molecule has 0 bridgehead atoms. The molecule has 0 aliphatic rings. The molecule has 20 heavy (non-hydrogen) atoms. The predicted molar refractivity (Wildman–Crippen MR) is 80.4 cm³/mol. The van der Waals surface area contributed by atoms with E-state index in [1.165, 1.54) is 0 Å². The molecule has 4 N–H and O–H groups in total. The van der Waals surface area contributed by atoms with Crippen molar-refractivity contribution in [1.29, 1.82) is 0 Å². The van der Waals surface area contributed by atoms with Crippen LogP contribution in [0.4, 0.5) is 11.5 Å². The van der Waals surface area contributed by atoms with E-state index in [0.717, 1.165) is 29.8 Å². The molecule has 0 unspecified atom stereocenters. The first-order chi connectivity index (χ1) is 9.69. The number of para-hydroxylation sites is 1. The molecule has 1 amide bonds. The van der Waals surface area contributed by atoms with Crippen molar-refractivity contribution >= 4 is 17.4 Å². The SMILES string of the molecule is CCCc1cc(NC(=O)CCc2ccccc2N)n[nH]1. The van der Waals surface area contributed by atoms with Crippen LogP contribution in [-0.4, -0.2) is 16.1 Å². The maximum absolute atomic E-state index is 11.9. The summed E-state index contributed by atoms with van der Waals surface area (Å²) in [4.78, 5) is 11.9. The van der Waals surface area contributed by atoms with Crippen LogP contribution in [0.5, 0.6) is 0 Å². The summed E-state index contributed by atoms with van der Waals surface area (Å²) in [5.74, 6) is 0.530. The van der Waals surface area contributed by atoms with Crippen LogP contribution in [0.1, 0.15) is 31.0 Å². The summed E-state index contributed by atoms with van der Waals surface area (Å²) >= 11 is 0. The second-order valence-electron chi connectivity index (χ2n) is 4.78. The van der Waals surface area contributed by atoms with E-state index in [0.29, 0.717) is 18.7 Å². The molecule has 0 atom stereocenters. The average molecular weight is 272 g/mol. The molecule has 0 aliphatic carbocycles. The number of rotatable bonds is 6. The molecule has 1 aromatic heterocycles. The lowest BCUT2D eigenvalue weighted by Gasteiger charge is -2.05. The number of nitrogens with one attached hydrogen (secondary N) is 2. The first-order valence-corrected chi connectivity index (χ1v) is 6.86. The summed E-state index contributed by atoms with van der Waals surface area (Å²) in [7, 11) is 0. The molecule has 0 radical (unpaired) electrons. The van der Waals surface area contributed by atoms with Crippen molar-refractivity contribution in [2.24, 2.45) is 0 Å². The fourth-order valence-corrected chi connectivity index (χ4v) is 2.04. The zero-order valence-electron chi connectivity index (χ0n) is 11.6. The molecule has 2 rings (SSSR count).